The Morgan fingerprint density at radius 1 is 1.32 bits per heavy atom. The third-order valence-corrected chi connectivity index (χ3v) is 4.11. The molecule has 1 atom stereocenters. The highest BCUT2D eigenvalue weighted by Crippen LogP contribution is 2.25. The maximum absolute atomic E-state index is 6.07. The van der Waals surface area contributed by atoms with Crippen LogP contribution in [0.3, 0.4) is 0 Å². The average molecular weight is 321 g/mol. The van der Waals surface area contributed by atoms with Crippen LogP contribution in [0.4, 0.5) is 0 Å². The molecule has 0 amide bonds. The van der Waals surface area contributed by atoms with Crippen LogP contribution in [0, 0.1) is 0 Å². The van der Waals surface area contributed by atoms with Gasteiger partial charge in [0, 0.05) is 5.02 Å². The van der Waals surface area contributed by atoms with E-state index >= 15 is 0 Å². The van der Waals surface area contributed by atoms with Crippen LogP contribution in [-0.4, -0.2) is 30.9 Å². The molecule has 1 aliphatic carbocycles. The van der Waals surface area contributed by atoms with E-state index in [4.69, 9.17) is 16.4 Å². The summed E-state index contributed by atoms with van der Waals surface area (Å²) in [6.45, 7) is 2.11. The lowest BCUT2D eigenvalue weighted by Gasteiger charge is -2.22. The third kappa shape index (κ3) is 4.85. The van der Waals surface area contributed by atoms with Gasteiger partial charge in [0.25, 0.3) is 0 Å². The smallest absolute Gasteiger partial charge is 0.180 e. The summed E-state index contributed by atoms with van der Waals surface area (Å²) in [6.07, 6.45) is 7.54. The molecule has 0 saturated heterocycles. The first-order chi connectivity index (χ1) is 10.6. The molecule has 1 aromatic rings. The molecule has 1 aliphatic rings. The first-order valence-electron chi connectivity index (χ1n) is 7.95. The SMILES string of the molecule is CCC(O/N=C1/CCCC/C1=C/c1cccc(Cl)c1)N(C)C. The Kier molecular flexibility index (Phi) is 6.47. The molecule has 4 heteroatoms. The van der Waals surface area contributed by atoms with Crippen molar-refractivity contribution < 1.29 is 4.84 Å². The number of halogens is 1. The summed E-state index contributed by atoms with van der Waals surface area (Å²) >= 11 is 6.07. The number of hydrogen-bond acceptors (Lipinski definition) is 3. The minimum absolute atomic E-state index is 0.0295. The fourth-order valence-corrected chi connectivity index (χ4v) is 2.83. The predicted octanol–water partition coefficient (Wildman–Crippen LogP) is 4.97. The van der Waals surface area contributed by atoms with Crippen molar-refractivity contribution in [2.45, 2.75) is 45.3 Å². The van der Waals surface area contributed by atoms with Crippen LogP contribution < -0.4 is 0 Å². The lowest BCUT2D eigenvalue weighted by Crippen LogP contribution is -2.29. The summed E-state index contributed by atoms with van der Waals surface area (Å²) in [5, 5.41) is 5.21. The Hall–Kier alpha value is -1.32. The maximum Gasteiger partial charge on any atom is 0.180 e. The molecule has 0 aromatic heterocycles. The van der Waals surface area contributed by atoms with Crippen molar-refractivity contribution in [1.29, 1.82) is 0 Å². The topological polar surface area (TPSA) is 24.8 Å². The molecule has 120 valence electrons. The molecule has 0 heterocycles. The molecule has 1 fully saturated rings. The summed E-state index contributed by atoms with van der Waals surface area (Å²) in [5.41, 5.74) is 3.46. The zero-order valence-corrected chi connectivity index (χ0v) is 14.4. The van der Waals surface area contributed by atoms with E-state index in [1.807, 2.05) is 37.2 Å². The zero-order chi connectivity index (χ0) is 15.9. The molecule has 1 aromatic carbocycles. The minimum Gasteiger partial charge on any atom is -0.376 e. The van der Waals surface area contributed by atoms with E-state index in [1.165, 1.54) is 18.4 Å². The number of nitrogens with zero attached hydrogens (tertiary/aromatic N) is 2. The largest absolute Gasteiger partial charge is 0.376 e. The second-order valence-corrected chi connectivity index (χ2v) is 6.34. The molecule has 3 nitrogen and oxygen atoms in total. The van der Waals surface area contributed by atoms with Gasteiger partial charge < -0.3 is 4.84 Å². The Labute approximate surface area is 138 Å². The van der Waals surface area contributed by atoms with Gasteiger partial charge in [-0.3, -0.25) is 4.90 Å². The third-order valence-electron chi connectivity index (χ3n) is 3.88. The first-order valence-corrected chi connectivity index (χ1v) is 8.33. The van der Waals surface area contributed by atoms with Gasteiger partial charge in [0.2, 0.25) is 0 Å². The van der Waals surface area contributed by atoms with Crippen molar-refractivity contribution in [3.63, 3.8) is 0 Å². The fraction of sp³-hybridized carbons (Fsp3) is 0.500. The molecule has 0 N–H and O–H groups in total. The van der Waals surface area contributed by atoms with E-state index in [-0.39, 0.29) is 6.23 Å². The molecular formula is C18H25ClN2O. The summed E-state index contributed by atoms with van der Waals surface area (Å²) < 4.78 is 0. The van der Waals surface area contributed by atoms with E-state index in [0.29, 0.717) is 0 Å². The van der Waals surface area contributed by atoms with Gasteiger partial charge in [0.05, 0.1) is 5.71 Å². The predicted molar refractivity (Wildman–Crippen MR) is 94.2 cm³/mol. The molecule has 0 aliphatic heterocycles. The van der Waals surface area contributed by atoms with E-state index in [1.54, 1.807) is 0 Å². The Bertz CT molecular complexity index is 552. The van der Waals surface area contributed by atoms with Gasteiger partial charge in [-0.2, -0.15) is 0 Å². The summed E-state index contributed by atoms with van der Waals surface area (Å²) in [5.74, 6) is 0. The number of rotatable bonds is 5. The van der Waals surface area contributed by atoms with Gasteiger partial charge in [-0.25, -0.2) is 0 Å². The molecule has 1 saturated carbocycles. The van der Waals surface area contributed by atoms with Crippen LogP contribution in [0.15, 0.2) is 35.0 Å². The molecular weight excluding hydrogens is 296 g/mol. The summed E-state index contributed by atoms with van der Waals surface area (Å²) in [6, 6.07) is 7.92. The van der Waals surface area contributed by atoms with Gasteiger partial charge in [0.15, 0.2) is 6.23 Å². The van der Waals surface area contributed by atoms with Crippen LogP contribution >= 0.6 is 11.6 Å². The van der Waals surface area contributed by atoms with Crippen LogP contribution in [-0.2, 0) is 4.84 Å². The fourth-order valence-electron chi connectivity index (χ4n) is 2.63. The van der Waals surface area contributed by atoms with Crippen molar-refractivity contribution >= 4 is 23.4 Å². The highest BCUT2D eigenvalue weighted by atomic mass is 35.5. The van der Waals surface area contributed by atoms with Crippen molar-refractivity contribution in [3.8, 4) is 0 Å². The maximum atomic E-state index is 6.07. The molecule has 22 heavy (non-hydrogen) atoms. The second kappa shape index (κ2) is 8.35. The molecule has 1 unspecified atom stereocenters. The van der Waals surface area contributed by atoms with E-state index in [9.17, 15) is 0 Å². The number of oxime groups is 1. The molecule has 2 rings (SSSR count). The van der Waals surface area contributed by atoms with Gasteiger partial charge in [-0.1, -0.05) is 35.8 Å². The zero-order valence-electron chi connectivity index (χ0n) is 13.7. The summed E-state index contributed by atoms with van der Waals surface area (Å²) in [4.78, 5) is 7.78. The van der Waals surface area contributed by atoms with Crippen molar-refractivity contribution in [1.82, 2.24) is 4.90 Å². The van der Waals surface area contributed by atoms with E-state index < -0.39 is 0 Å². The Morgan fingerprint density at radius 3 is 2.77 bits per heavy atom. The quantitative estimate of drug-likeness (QED) is 0.565. The highest BCUT2D eigenvalue weighted by molar-refractivity contribution is 6.30. The molecule has 0 spiro atoms. The van der Waals surface area contributed by atoms with Gasteiger partial charge in [-0.05, 0) is 75.5 Å². The van der Waals surface area contributed by atoms with Crippen molar-refractivity contribution in [3.05, 3.63) is 40.4 Å². The Balaban J connectivity index is 2.17. The average Bonchev–Trinajstić information content (AvgIpc) is 2.49. The highest BCUT2D eigenvalue weighted by Gasteiger charge is 2.16. The van der Waals surface area contributed by atoms with Gasteiger partial charge in [-0.15, -0.1) is 0 Å². The van der Waals surface area contributed by atoms with Crippen LogP contribution in [0.5, 0.6) is 0 Å². The number of benzene rings is 1. The van der Waals surface area contributed by atoms with Gasteiger partial charge >= 0.3 is 0 Å². The van der Waals surface area contributed by atoms with Gasteiger partial charge in [0.1, 0.15) is 0 Å². The molecule has 0 radical (unpaired) electrons. The first kappa shape index (κ1) is 17.0. The van der Waals surface area contributed by atoms with Crippen LogP contribution in [0.1, 0.15) is 44.6 Å². The number of allylic oxidation sites excluding steroid dienone is 1. The molecule has 0 bridgehead atoms. The van der Waals surface area contributed by atoms with Crippen LogP contribution in [0.2, 0.25) is 5.02 Å². The minimum atomic E-state index is 0.0295. The lowest BCUT2D eigenvalue weighted by atomic mass is 9.91. The monoisotopic (exact) mass is 320 g/mol. The number of hydrogen-bond donors (Lipinski definition) is 0. The Morgan fingerprint density at radius 2 is 2.09 bits per heavy atom. The van der Waals surface area contributed by atoms with Crippen molar-refractivity contribution in [2.75, 3.05) is 14.1 Å². The van der Waals surface area contributed by atoms with E-state index in [2.05, 4.69) is 24.2 Å². The standard InChI is InChI=1S/C18H25ClN2O/c1-4-18(21(2)3)22-20-17-11-6-5-9-15(17)12-14-8-7-10-16(19)13-14/h7-8,10,12-13,18H,4-6,9,11H2,1-3H3/b15-12-,20-17-. The van der Waals surface area contributed by atoms with E-state index in [0.717, 1.165) is 35.6 Å². The van der Waals surface area contributed by atoms with Crippen LogP contribution in [0.25, 0.3) is 6.08 Å². The second-order valence-electron chi connectivity index (χ2n) is 5.90. The lowest BCUT2D eigenvalue weighted by molar-refractivity contribution is -0.0357. The van der Waals surface area contributed by atoms with Crippen molar-refractivity contribution in [2.24, 2.45) is 5.16 Å². The normalized spacial score (nSPS) is 20.6. The summed E-state index contributed by atoms with van der Waals surface area (Å²) in [7, 11) is 4.02.